The predicted octanol–water partition coefficient (Wildman–Crippen LogP) is 4.43. The number of aliphatic hydroxyl groups excluding tert-OH is 1. The number of nitrogens with one attached hydrogen (secondary N) is 1. The molecule has 0 saturated carbocycles. The maximum absolute atomic E-state index is 13.1. The Morgan fingerprint density at radius 2 is 1.87 bits per heavy atom. The second kappa shape index (κ2) is 9.56. The van der Waals surface area contributed by atoms with Crippen LogP contribution in [0.4, 0.5) is 0 Å². The first-order chi connectivity index (χ1) is 15.0. The van der Waals surface area contributed by atoms with Crippen molar-refractivity contribution in [3.8, 4) is 5.75 Å². The van der Waals surface area contributed by atoms with E-state index in [2.05, 4.69) is 36.5 Å². The van der Waals surface area contributed by atoms with Crippen LogP contribution in [0, 0.1) is 6.92 Å². The van der Waals surface area contributed by atoms with Gasteiger partial charge in [0.2, 0.25) is 0 Å². The summed E-state index contributed by atoms with van der Waals surface area (Å²) in [5.41, 5.74) is 6.56. The van der Waals surface area contributed by atoms with Crippen molar-refractivity contribution in [2.45, 2.75) is 52.0 Å². The highest BCUT2D eigenvalue weighted by atomic mass is 16.5. The van der Waals surface area contributed by atoms with Crippen LogP contribution in [0.3, 0.4) is 0 Å². The molecule has 1 fully saturated rings. The Bertz CT molecular complexity index is 968. The first-order valence-electron chi connectivity index (χ1n) is 11.1. The molecule has 0 radical (unpaired) electrons. The van der Waals surface area contributed by atoms with Gasteiger partial charge in [0.25, 0.3) is 5.91 Å². The molecule has 0 spiro atoms. The number of rotatable bonds is 6. The summed E-state index contributed by atoms with van der Waals surface area (Å²) in [6, 6.07) is 10.6. The van der Waals surface area contributed by atoms with E-state index in [4.69, 9.17) is 9.47 Å². The van der Waals surface area contributed by atoms with E-state index < -0.39 is 0 Å². The highest BCUT2D eigenvalue weighted by Crippen LogP contribution is 2.35. The van der Waals surface area contributed by atoms with E-state index >= 15 is 0 Å². The van der Waals surface area contributed by atoms with Crippen molar-refractivity contribution < 1.29 is 19.4 Å². The molecule has 2 aliphatic rings. The van der Waals surface area contributed by atoms with Crippen molar-refractivity contribution in [2.24, 2.45) is 0 Å². The Kier molecular flexibility index (Phi) is 6.62. The van der Waals surface area contributed by atoms with Gasteiger partial charge in [-0.15, -0.1) is 0 Å². The SMILES string of the molecule is C/C(O)=C/Cc1ccc(Cc2cc(C(=O)NC3CCOCC3)c3c(c2C)CCO3)cc1. The summed E-state index contributed by atoms with van der Waals surface area (Å²) in [5, 5.41) is 12.5. The van der Waals surface area contributed by atoms with Gasteiger partial charge in [-0.2, -0.15) is 0 Å². The molecule has 1 amide bonds. The van der Waals surface area contributed by atoms with Gasteiger partial charge in [-0.25, -0.2) is 0 Å². The van der Waals surface area contributed by atoms with E-state index in [0.29, 0.717) is 37.6 Å². The second-order valence-corrected chi connectivity index (χ2v) is 8.52. The molecular weight excluding hydrogens is 390 g/mol. The fourth-order valence-electron chi connectivity index (χ4n) is 4.33. The Labute approximate surface area is 184 Å². The molecule has 164 valence electrons. The molecule has 2 aromatic carbocycles. The number of hydrogen-bond acceptors (Lipinski definition) is 4. The van der Waals surface area contributed by atoms with Crippen LogP contribution >= 0.6 is 0 Å². The maximum atomic E-state index is 13.1. The van der Waals surface area contributed by atoms with Gasteiger partial charge in [0.1, 0.15) is 5.75 Å². The van der Waals surface area contributed by atoms with Gasteiger partial charge in [0.05, 0.1) is 17.9 Å². The van der Waals surface area contributed by atoms with Crippen LogP contribution in [0.2, 0.25) is 0 Å². The van der Waals surface area contributed by atoms with Gasteiger partial charge < -0.3 is 19.9 Å². The topological polar surface area (TPSA) is 67.8 Å². The number of carbonyl (C=O) groups excluding carboxylic acids is 1. The van der Waals surface area contributed by atoms with Gasteiger partial charge in [-0.3, -0.25) is 4.79 Å². The van der Waals surface area contributed by atoms with Crippen molar-refractivity contribution in [1.82, 2.24) is 5.32 Å². The molecule has 5 heteroatoms. The number of carbonyl (C=O) groups is 1. The lowest BCUT2D eigenvalue weighted by molar-refractivity contribution is 0.0695. The van der Waals surface area contributed by atoms with Crippen molar-refractivity contribution >= 4 is 5.91 Å². The lowest BCUT2D eigenvalue weighted by atomic mass is 9.92. The van der Waals surface area contributed by atoms with Crippen LogP contribution in [-0.2, 0) is 24.0 Å². The quantitative estimate of drug-likeness (QED) is 0.677. The van der Waals surface area contributed by atoms with Gasteiger partial charge >= 0.3 is 0 Å². The van der Waals surface area contributed by atoms with Gasteiger partial charge in [-0.1, -0.05) is 24.3 Å². The van der Waals surface area contributed by atoms with Gasteiger partial charge in [0.15, 0.2) is 0 Å². The van der Waals surface area contributed by atoms with Crippen molar-refractivity contribution in [3.63, 3.8) is 0 Å². The van der Waals surface area contributed by atoms with Crippen LogP contribution in [0.1, 0.15) is 57.9 Å². The number of amides is 1. The van der Waals surface area contributed by atoms with Crippen molar-refractivity contribution in [3.05, 3.63) is 75.5 Å². The van der Waals surface area contributed by atoms with E-state index in [9.17, 15) is 9.90 Å². The van der Waals surface area contributed by atoms with Crippen LogP contribution in [0.5, 0.6) is 5.75 Å². The van der Waals surface area contributed by atoms with Crippen LogP contribution in [-0.4, -0.2) is 36.9 Å². The van der Waals surface area contributed by atoms with Crippen LogP contribution in [0.25, 0.3) is 0 Å². The fraction of sp³-hybridized carbons (Fsp3) is 0.423. The average Bonchev–Trinajstić information content (AvgIpc) is 3.26. The van der Waals surface area contributed by atoms with Gasteiger partial charge in [0, 0.05) is 31.2 Å². The van der Waals surface area contributed by atoms with Crippen molar-refractivity contribution in [1.29, 1.82) is 0 Å². The molecular formula is C26H31NO4. The summed E-state index contributed by atoms with van der Waals surface area (Å²) in [7, 11) is 0. The van der Waals surface area contributed by atoms with E-state index in [0.717, 1.165) is 42.6 Å². The highest BCUT2D eigenvalue weighted by molar-refractivity contribution is 5.98. The summed E-state index contributed by atoms with van der Waals surface area (Å²) in [6.07, 6.45) is 5.84. The summed E-state index contributed by atoms with van der Waals surface area (Å²) < 4.78 is 11.3. The third-order valence-electron chi connectivity index (χ3n) is 6.22. The fourth-order valence-corrected chi connectivity index (χ4v) is 4.33. The normalized spacial score (nSPS) is 16.6. The molecule has 0 aromatic heterocycles. The van der Waals surface area contributed by atoms with E-state index in [1.165, 1.54) is 16.7 Å². The lowest BCUT2D eigenvalue weighted by Gasteiger charge is -2.24. The second-order valence-electron chi connectivity index (χ2n) is 8.52. The minimum atomic E-state index is -0.0483. The molecule has 0 bridgehead atoms. The standard InChI is InChI=1S/C26H31NO4/c1-17(28)3-4-19-5-7-20(8-6-19)15-21-16-24(25-23(18(21)2)11-14-31-25)26(29)27-22-9-12-30-13-10-22/h3,5-8,16,22,28H,4,9-15H2,1-2H3,(H,27,29)/b17-3-. The average molecular weight is 422 g/mol. The number of ether oxygens (including phenoxy) is 2. The summed E-state index contributed by atoms with van der Waals surface area (Å²) in [4.78, 5) is 13.1. The maximum Gasteiger partial charge on any atom is 0.255 e. The summed E-state index contributed by atoms with van der Waals surface area (Å²) >= 11 is 0. The number of aliphatic hydroxyl groups is 1. The monoisotopic (exact) mass is 421 g/mol. The Hall–Kier alpha value is -2.79. The molecule has 0 atom stereocenters. The Morgan fingerprint density at radius 3 is 2.58 bits per heavy atom. The third-order valence-corrected chi connectivity index (χ3v) is 6.22. The zero-order valence-corrected chi connectivity index (χ0v) is 18.4. The van der Waals surface area contributed by atoms with E-state index in [-0.39, 0.29) is 11.9 Å². The molecule has 31 heavy (non-hydrogen) atoms. The first kappa shape index (κ1) is 21.4. The minimum absolute atomic E-state index is 0.0483. The Balaban J connectivity index is 1.56. The van der Waals surface area contributed by atoms with E-state index in [1.807, 2.05) is 12.1 Å². The molecule has 2 heterocycles. The minimum Gasteiger partial charge on any atom is -0.513 e. The van der Waals surface area contributed by atoms with Gasteiger partial charge in [-0.05, 0) is 73.9 Å². The predicted molar refractivity (Wildman–Crippen MR) is 121 cm³/mol. The van der Waals surface area contributed by atoms with Crippen LogP contribution in [0.15, 0.2) is 42.2 Å². The zero-order valence-electron chi connectivity index (χ0n) is 18.4. The van der Waals surface area contributed by atoms with Crippen LogP contribution < -0.4 is 10.1 Å². The molecule has 0 aliphatic carbocycles. The largest absolute Gasteiger partial charge is 0.513 e. The highest BCUT2D eigenvalue weighted by Gasteiger charge is 2.26. The Morgan fingerprint density at radius 1 is 1.16 bits per heavy atom. The molecule has 2 aromatic rings. The number of benzene rings is 2. The molecule has 1 saturated heterocycles. The van der Waals surface area contributed by atoms with Crippen molar-refractivity contribution in [2.75, 3.05) is 19.8 Å². The first-order valence-corrected chi connectivity index (χ1v) is 11.1. The number of hydrogen-bond donors (Lipinski definition) is 2. The molecule has 0 unspecified atom stereocenters. The summed E-state index contributed by atoms with van der Waals surface area (Å²) in [6.45, 7) is 5.84. The molecule has 2 aliphatic heterocycles. The summed E-state index contributed by atoms with van der Waals surface area (Å²) in [5.74, 6) is 1.05. The smallest absolute Gasteiger partial charge is 0.255 e. The molecule has 5 nitrogen and oxygen atoms in total. The molecule has 4 rings (SSSR count). The lowest BCUT2D eigenvalue weighted by Crippen LogP contribution is -2.39. The number of fused-ring (bicyclic) bond motifs is 1. The van der Waals surface area contributed by atoms with E-state index in [1.54, 1.807) is 6.92 Å². The molecule has 2 N–H and O–H groups in total. The number of allylic oxidation sites excluding steroid dienone is 2. The third kappa shape index (κ3) is 5.10. The zero-order chi connectivity index (χ0) is 21.8.